The summed E-state index contributed by atoms with van der Waals surface area (Å²) in [5, 5.41) is 9.78. The number of carbonyl (C=O) groups is 1. The molecule has 110 valence electrons. The highest BCUT2D eigenvalue weighted by Crippen LogP contribution is 2.20. The lowest BCUT2D eigenvalue weighted by atomic mass is 10.1. The highest BCUT2D eigenvalue weighted by molar-refractivity contribution is 6.30. The number of hydrogen-bond donors (Lipinski definition) is 1. The summed E-state index contributed by atoms with van der Waals surface area (Å²) in [6, 6.07) is 13.9. The van der Waals surface area contributed by atoms with Gasteiger partial charge in [0.2, 0.25) is 0 Å². The molecule has 1 atom stereocenters. The van der Waals surface area contributed by atoms with E-state index in [1.54, 1.807) is 43.5 Å². The largest absolute Gasteiger partial charge is 0.497 e. The molecule has 21 heavy (non-hydrogen) atoms. The van der Waals surface area contributed by atoms with Gasteiger partial charge >= 0.3 is 5.97 Å². The summed E-state index contributed by atoms with van der Waals surface area (Å²) in [5.74, 6) is 0.135. The first kappa shape index (κ1) is 15.2. The molecule has 0 saturated heterocycles. The Morgan fingerprint density at radius 3 is 2.48 bits per heavy atom. The van der Waals surface area contributed by atoms with Gasteiger partial charge in [-0.1, -0.05) is 29.8 Å². The Morgan fingerprint density at radius 2 is 1.90 bits per heavy atom. The summed E-state index contributed by atoms with van der Waals surface area (Å²) >= 11 is 5.86. The van der Waals surface area contributed by atoms with Crippen LogP contribution in [-0.2, 0) is 11.2 Å². The minimum Gasteiger partial charge on any atom is -0.497 e. The quantitative estimate of drug-likeness (QED) is 0.888. The van der Waals surface area contributed by atoms with Gasteiger partial charge in [0.25, 0.3) is 0 Å². The summed E-state index contributed by atoms with van der Waals surface area (Å²) in [4.78, 5) is 11.3. The van der Waals surface area contributed by atoms with Crippen LogP contribution in [0.15, 0.2) is 48.5 Å². The molecule has 0 heterocycles. The van der Waals surface area contributed by atoms with Gasteiger partial charge in [0.05, 0.1) is 7.11 Å². The van der Waals surface area contributed by atoms with Crippen LogP contribution in [-0.4, -0.2) is 24.3 Å². The minimum absolute atomic E-state index is 0.256. The lowest BCUT2D eigenvalue weighted by molar-refractivity contribution is -0.145. The molecule has 0 spiro atoms. The second-order valence-electron chi connectivity index (χ2n) is 4.45. The number of aliphatic carboxylic acids is 1. The Hall–Kier alpha value is -2.20. The van der Waals surface area contributed by atoms with Crippen molar-refractivity contribution in [2.45, 2.75) is 12.5 Å². The third-order valence-corrected chi connectivity index (χ3v) is 3.17. The summed E-state index contributed by atoms with van der Waals surface area (Å²) < 4.78 is 10.6. The highest BCUT2D eigenvalue weighted by atomic mass is 35.5. The average Bonchev–Trinajstić information content (AvgIpc) is 2.47. The molecule has 0 amide bonds. The second-order valence-corrected chi connectivity index (χ2v) is 4.89. The molecule has 4 nitrogen and oxygen atoms in total. The predicted octanol–water partition coefficient (Wildman–Crippen LogP) is 3.42. The van der Waals surface area contributed by atoms with E-state index in [4.69, 9.17) is 21.1 Å². The van der Waals surface area contributed by atoms with Crippen LogP contribution in [0.5, 0.6) is 11.5 Å². The molecule has 0 bridgehead atoms. The number of hydrogen-bond acceptors (Lipinski definition) is 3. The Labute approximate surface area is 127 Å². The molecule has 0 aliphatic carbocycles. The molecule has 5 heteroatoms. The van der Waals surface area contributed by atoms with Crippen molar-refractivity contribution < 1.29 is 19.4 Å². The third kappa shape index (κ3) is 4.39. The van der Waals surface area contributed by atoms with Crippen molar-refractivity contribution in [1.82, 2.24) is 0 Å². The fourth-order valence-corrected chi connectivity index (χ4v) is 2.04. The molecule has 0 aliphatic heterocycles. The van der Waals surface area contributed by atoms with Gasteiger partial charge in [-0.25, -0.2) is 4.79 Å². The number of benzene rings is 2. The SMILES string of the molecule is COc1ccc(C[C@@H](Oc2cccc(Cl)c2)C(=O)O)cc1. The molecule has 2 aromatic carbocycles. The molecule has 0 aliphatic rings. The van der Waals surface area contributed by atoms with E-state index in [1.807, 2.05) is 12.1 Å². The average molecular weight is 307 g/mol. The Balaban J connectivity index is 2.10. The van der Waals surface area contributed by atoms with Crippen molar-refractivity contribution >= 4 is 17.6 Å². The Morgan fingerprint density at radius 1 is 1.19 bits per heavy atom. The van der Waals surface area contributed by atoms with E-state index in [1.165, 1.54) is 0 Å². The van der Waals surface area contributed by atoms with Crippen molar-refractivity contribution in [1.29, 1.82) is 0 Å². The highest BCUT2D eigenvalue weighted by Gasteiger charge is 2.20. The molecule has 0 fully saturated rings. The lowest BCUT2D eigenvalue weighted by Gasteiger charge is -2.15. The zero-order valence-electron chi connectivity index (χ0n) is 11.5. The summed E-state index contributed by atoms with van der Waals surface area (Å²) in [6.07, 6.45) is -0.719. The first-order valence-corrected chi connectivity index (χ1v) is 6.74. The molecule has 0 unspecified atom stereocenters. The fraction of sp³-hybridized carbons (Fsp3) is 0.188. The second kappa shape index (κ2) is 6.99. The topological polar surface area (TPSA) is 55.8 Å². The predicted molar refractivity (Wildman–Crippen MR) is 80.2 cm³/mol. The van der Waals surface area contributed by atoms with Crippen LogP contribution in [0.4, 0.5) is 0 Å². The van der Waals surface area contributed by atoms with E-state index >= 15 is 0 Å². The monoisotopic (exact) mass is 306 g/mol. The van der Waals surface area contributed by atoms with Crippen LogP contribution in [0, 0.1) is 0 Å². The van der Waals surface area contributed by atoms with Crippen molar-refractivity contribution in [3.8, 4) is 11.5 Å². The molecule has 1 N–H and O–H groups in total. The molecule has 2 rings (SSSR count). The van der Waals surface area contributed by atoms with Gasteiger partial charge in [0.1, 0.15) is 11.5 Å². The van der Waals surface area contributed by atoms with Crippen LogP contribution in [0.3, 0.4) is 0 Å². The van der Waals surface area contributed by atoms with E-state index in [-0.39, 0.29) is 6.42 Å². The molecule has 2 aromatic rings. The lowest BCUT2D eigenvalue weighted by Crippen LogP contribution is -2.29. The van der Waals surface area contributed by atoms with Crippen LogP contribution < -0.4 is 9.47 Å². The van der Waals surface area contributed by atoms with Gasteiger partial charge in [-0.05, 0) is 35.9 Å². The zero-order chi connectivity index (χ0) is 15.2. The van der Waals surface area contributed by atoms with Gasteiger partial charge in [0, 0.05) is 11.4 Å². The number of methoxy groups -OCH3 is 1. The number of carboxylic acid groups (broad SMARTS) is 1. The first-order valence-electron chi connectivity index (χ1n) is 6.36. The fourth-order valence-electron chi connectivity index (χ4n) is 1.86. The van der Waals surface area contributed by atoms with Crippen LogP contribution >= 0.6 is 11.6 Å². The van der Waals surface area contributed by atoms with Gasteiger partial charge in [-0.15, -0.1) is 0 Å². The van der Waals surface area contributed by atoms with Crippen molar-refractivity contribution in [2.24, 2.45) is 0 Å². The smallest absolute Gasteiger partial charge is 0.345 e. The van der Waals surface area contributed by atoms with E-state index in [9.17, 15) is 9.90 Å². The summed E-state index contributed by atoms with van der Waals surface area (Å²) in [7, 11) is 1.58. The van der Waals surface area contributed by atoms with E-state index < -0.39 is 12.1 Å². The Kier molecular flexibility index (Phi) is 5.06. The normalized spacial score (nSPS) is 11.7. The van der Waals surface area contributed by atoms with Gasteiger partial charge < -0.3 is 14.6 Å². The maximum absolute atomic E-state index is 11.3. The van der Waals surface area contributed by atoms with Crippen LogP contribution in [0.1, 0.15) is 5.56 Å². The first-order chi connectivity index (χ1) is 10.1. The third-order valence-electron chi connectivity index (χ3n) is 2.93. The summed E-state index contributed by atoms with van der Waals surface area (Å²) in [6.45, 7) is 0. The molecule has 0 saturated carbocycles. The van der Waals surface area contributed by atoms with E-state index in [0.717, 1.165) is 11.3 Å². The minimum atomic E-state index is -1.02. The van der Waals surface area contributed by atoms with E-state index in [0.29, 0.717) is 10.8 Å². The Bertz CT molecular complexity index is 610. The molecule has 0 aromatic heterocycles. The van der Waals surface area contributed by atoms with Crippen LogP contribution in [0.25, 0.3) is 0 Å². The number of rotatable bonds is 6. The van der Waals surface area contributed by atoms with Gasteiger partial charge in [-0.3, -0.25) is 0 Å². The van der Waals surface area contributed by atoms with Gasteiger partial charge in [-0.2, -0.15) is 0 Å². The maximum Gasteiger partial charge on any atom is 0.345 e. The zero-order valence-corrected chi connectivity index (χ0v) is 12.2. The van der Waals surface area contributed by atoms with Crippen molar-refractivity contribution in [3.05, 3.63) is 59.1 Å². The van der Waals surface area contributed by atoms with Crippen molar-refractivity contribution in [3.63, 3.8) is 0 Å². The standard InChI is InChI=1S/C16H15ClO4/c1-20-13-7-5-11(6-8-13)9-15(16(18)19)21-14-4-2-3-12(17)10-14/h2-8,10,15H,9H2,1H3,(H,18,19)/t15-/m1/s1. The maximum atomic E-state index is 11.3. The van der Waals surface area contributed by atoms with Crippen LogP contribution in [0.2, 0.25) is 5.02 Å². The molecule has 0 radical (unpaired) electrons. The summed E-state index contributed by atoms with van der Waals surface area (Å²) in [5.41, 5.74) is 0.852. The van der Waals surface area contributed by atoms with Gasteiger partial charge in [0.15, 0.2) is 6.10 Å². The number of halogens is 1. The number of carboxylic acids is 1. The number of ether oxygens (including phenoxy) is 2. The van der Waals surface area contributed by atoms with E-state index in [2.05, 4.69) is 0 Å². The molecular formula is C16H15ClO4. The van der Waals surface area contributed by atoms with Crippen molar-refractivity contribution in [2.75, 3.05) is 7.11 Å². The molecular weight excluding hydrogens is 292 g/mol.